The van der Waals surface area contributed by atoms with Crippen LogP contribution in [0.15, 0.2) is 54.9 Å². The van der Waals surface area contributed by atoms with E-state index in [1.807, 2.05) is 6.07 Å². The summed E-state index contributed by atoms with van der Waals surface area (Å²) in [4.78, 5) is 12.0. The highest BCUT2D eigenvalue weighted by atomic mass is 16.5. The van der Waals surface area contributed by atoms with Crippen molar-refractivity contribution in [1.29, 1.82) is 0 Å². The molecule has 0 saturated heterocycles. The average molecular weight is 442 g/mol. The number of fused-ring (bicyclic) bond motifs is 2. The number of hydrogen-bond donors (Lipinski definition) is 0. The second-order valence-electron chi connectivity index (χ2n) is 9.82. The second kappa shape index (κ2) is 9.17. The Kier molecular flexibility index (Phi) is 6.09. The van der Waals surface area contributed by atoms with Crippen LogP contribution in [0.4, 0.5) is 11.5 Å². The largest absolute Gasteiger partial charge is 0.489 e. The van der Waals surface area contributed by atoms with Gasteiger partial charge in [-0.15, -0.1) is 0 Å². The highest BCUT2D eigenvalue weighted by Crippen LogP contribution is 2.52. The van der Waals surface area contributed by atoms with Crippen molar-refractivity contribution >= 4 is 11.5 Å². The van der Waals surface area contributed by atoms with Crippen LogP contribution in [0.1, 0.15) is 81.2 Å². The van der Waals surface area contributed by atoms with Crippen LogP contribution in [0.3, 0.4) is 0 Å². The summed E-state index contributed by atoms with van der Waals surface area (Å²) in [5.41, 5.74) is 6.64. The highest BCUT2D eigenvalue weighted by molar-refractivity contribution is 5.74. The maximum absolute atomic E-state index is 6.25. The molecule has 4 nitrogen and oxygen atoms in total. The quantitative estimate of drug-likeness (QED) is 0.374. The third-order valence-corrected chi connectivity index (χ3v) is 7.50. The SMILES string of the molecule is CCCC1(CCC)CN(c2ncnc3c2[C@H](C)CC3)c2ccc(OCc3ccccc3)cc21. The zero-order chi connectivity index (χ0) is 22.8. The van der Waals surface area contributed by atoms with E-state index >= 15 is 0 Å². The molecule has 5 rings (SSSR count). The third-order valence-electron chi connectivity index (χ3n) is 7.50. The Bertz CT molecular complexity index is 1110. The first kappa shape index (κ1) is 21.9. The van der Waals surface area contributed by atoms with E-state index in [1.54, 1.807) is 6.33 Å². The van der Waals surface area contributed by atoms with Crippen LogP contribution in [0.25, 0.3) is 0 Å². The fourth-order valence-electron chi connectivity index (χ4n) is 6.02. The molecule has 2 aromatic carbocycles. The van der Waals surface area contributed by atoms with Gasteiger partial charge in [0.1, 0.15) is 24.5 Å². The normalized spacial score (nSPS) is 18.3. The van der Waals surface area contributed by atoms with E-state index in [0.717, 1.165) is 24.5 Å². The first-order chi connectivity index (χ1) is 16.1. The summed E-state index contributed by atoms with van der Waals surface area (Å²) in [5, 5.41) is 0. The van der Waals surface area contributed by atoms with E-state index in [4.69, 9.17) is 9.72 Å². The number of benzene rings is 2. The summed E-state index contributed by atoms with van der Waals surface area (Å²) >= 11 is 0. The zero-order valence-corrected chi connectivity index (χ0v) is 20.2. The molecule has 2 heterocycles. The van der Waals surface area contributed by atoms with Gasteiger partial charge in [0, 0.05) is 28.9 Å². The number of ether oxygens (including phenoxy) is 1. The van der Waals surface area contributed by atoms with Crippen molar-refractivity contribution in [1.82, 2.24) is 9.97 Å². The Hall–Kier alpha value is -2.88. The van der Waals surface area contributed by atoms with Gasteiger partial charge in [-0.1, -0.05) is 63.9 Å². The predicted octanol–water partition coefficient (Wildman–Crippen LogP) is 7.10. The molecule has 1 aliphatic carbocycles. The molecule has 0 saturated carbocycles. The lowest BCUT2D eigenvalue weighted by Crippen LogP contribution is -2.32. The molecule has 172 valence electrons. The first-order valence-electron chi connectivity index (χ1n) is 12.6. The molecule has 3 aromatic rings. The van der Waals surface area contributed by atoms with Gasteiger partial charge in [0.2, 0.25) is 0 Å². The van der Waals surface area contributed by atoms with Gasteiger partial charge in [-0.25, -0.2) is 9.97 Å². The van der Waals surface area contributed by atoms with Crippen molar-refractivity contribution in [3.05, 3.63) is 77.2 Å². The lowest BCUT2D eigenvalue weighted by molar-refractivity contribution is 0.304. The van der Waals surface area contributed by atoms with E-state index in [9.17, 15) is 0 Å². The molecule has 0 unspecified atom stereocenters. The number of hydrogen-bond acceptors (Lipinski definition) is 4. The van der Waals surface area contributed by atoms with Gasteiger partial charge in [0.25, 0.3) is 0 Å². The fraction of sp³-hybridized carbons (Fsp3) is 0.448. The molecule has 0 fully saturated rings. The standard InChI is InChI=1S/C29H35N3O/c1-4-15-29(16-5-2)19-32(28-27-21(3)11-13-25(27)30-20-31-28)26-14-12-23(17-24(26)29)33-18-22-9-7-6-8-10-22/h6-10,12,14,17,20-21H,4-5,11,13,15-16,18-19H2,1-3H3/t21-/m1/s1. The van der Waals surface area contributed by atoms with Gasteiger partial charge in [-0.2, -0.15) is 0 Å². The Morgan fingerprint density at radius 1 is 1.03 bits per heavy atom. The second-order valence-corrected chi connectivity index (χ2v) is 9.82. The number of anilines is 2. The van der Waals surface area contributed by atoms with E-state index in [-0.39, 0.29) is 5.41 Å². The van der Waals surface area contributed by atoms with Gasteiger partial charge in [-0.3, -0.25) is 0 Å². The monoisotopic (exact) mass is 441 g/mol. The van der Waals surface area contributed by atoms with Crippen LogP contribution in [-0.4, -0.2) is 16.5 Å². The Balaban J connectivity index is 1.54. The maximum atomic E-state index is 6.25. The zero-order valence-electron chi connectivity index (χ0n) is 20.2. The molecular formula is C29H35N3O. The predicted molar refractivity (Wildman–Crippen MR) is 134 cm³/mol. The lowest BCUT2D eigenvalue weighted by atomic mass is 9.75. The molecule has 1 aliphatic heterocycles. The number of aryl methyl sites for hydroxylation is 1. The van der Waals surface area contributed by atoms with Gasteiger partial charge < -0.3 is 9.64 Å². The number of aromatic nitrogens is 2. The van der Waals surface area contributed by atoms with Gasteiger partial charge in [0.15, 0.2) is 0 Å². The lowest BCUT2D eigenvalue weighted by Gasteiger charge is -2.31. The minimum atomic E-state index is 0.130. The third kappa shape index (κ3) is 4.01. The summed E-state index contributed by atoms with van der Waals surface area (Å²) in [6, 6.07) is 17.1. The van der Waals surface area contributed by atoms with Crippen molar-refractivity contribution in [2.75, 3.05) is 11.4 Å². The molecule has 0 radical (unpaired) electrons. The Labute approximate surface area is 198 Å². The minimum absolute atomic E-state index is 0.130. The van der Waals surface area contributed by atoms with Crippen LogP contribution >= 0.6 is 0 Å². The average Bonchev–Trinajstić information content (AvgIpc) is 3.37. The van der Waals surface area contributed by atoms with E-state index in [2.05, 4.69) is 73.1 Å². The summed E-state index contributed by atoms with van der Waals surface area (Å²) in [6.45, 7) is 8.51. The summed E-state index contributed by atoms with van der Waals surface area (Å²) < 4.78 is 6.25. The Morgan fingerprint density at radius 3 is 2.58 bits per heavy atom. The molecular weight excluding hydrogens is 406 g/mol. The van der Waals surface area contributed by atoms with Crippen molar-refractivity contribution in [3.63, 3.8) is 0 Å². The molecule has 4 heteroatoms. The van der Waals surface area contributed by atoms with E-state index in [0.29, 0.717) is 12.5 Å². The van der Waals surface area contributed by atoms with Crippen molar-refractivity contribution in [2.24, 2.45) is 0 Å². The van der Waals surface area contributed by atoms with Crippen molar-refractivity contribution < 1.29 is 4.74 Å². The van der Waals surface area contributed by atoms with Crippen LogP contribution < -0.4 is 9.64 Å². The molecule has 0 amide bonds. The van der Waals surface area contributed by atoms with Gasteiger partial charge in [-0.05, 0) is 60.9 Å². The minimum Gasteiger partial charge on any atom is -0.489 e. The molecule has 2 aliphatic rings. The molecule has 1 atom stereocenters. The van der Waals surface area contributed by atoms with Crippen molar-refractivity contribution in [3.8, 4) is 5.75 Å². The first-order valence-corrected chi connectivity index (χ1v) is 12.6. The van der Waals surface area contributed by atoms with E-state index < -0.39 is 0 Å². The fourth-order valence-corrected chi connectivity index (χ4v) is 6.02. The summed E-state index contributed by atoms with van der Waals surface area (Å²) in [6.07, 6.45) is 8.69. The molecule has 0 bridgehead atoms. The van der Waals surface area contributed by atoms with E-state index in [1.165, 1.54) is 60.2 Å². The van der Waals surface area contributed by atoms with Gasteiger partial charge in [0.05, 0.1) is 0 Å². The van der Waals surface area contributed by atoms with Crippen molar-refractivity contribution in [2.45, 2.75) is 77.2 Å². The van der Waals surface area contributed by atoms with Crippen LogP contribution in [0, 0.1) is 0 Å². The van der Waals surface area contributed by atoms with Crippen LogP contribution in [0.5, 0.6) is 5.75 Å². The summed E-state index contributed by atoms with van der Waals surface area (Å²) in [5.74, 6) is 2.59. The maximum Gasteiger partial charge on any atom is 0.140 e. The highest BCUT2D eigenvalue weighted by Gasteiger charge is 2.43. The Morgan fingerprint density at radius 2 is 1.82 bits per heavy atom. The van der Waals surface area contributed by atoms with Crippen LogP contribution in [0.2, 0.25) is 0 Å². The summed E-state index contributed by atoms with van der Waals surface area (Å²) in [7, 11) is 0. The van der Waals surface area contributed by atoms with Crippen LogP contribution in [-0.2, 0) is 18.4 Å². The molecule has 0 spiro atoms. The van der Waals surface area contributed by atoms with Gasteiger partial charge >= 0.3 is 0 Å². The number of nitrogens with zero attached hydrogens (tertiary/aromatic N) is 3. The smallest absolute Gasteiger partial charge is 0.140 e. The molecule has 33 heavy (non-hydrogen) atoms. The number of rotatable bonds is 8. The molecule has 0 N–H and O–H groups in total. The topological polar surface area (TPSA) is 38.2 Å². The molecule has 1 aromatic heterocycles.